The predicted molar refractivity (Wildman–Crippen MR) is 140 cm³/mol. The van der Waals surface area contributed by atoms with Crippen molar-refractivity contribution in [1.29, 1.82) is 0 Å². The van der Waals surface area contributed by atoms with E-state index in [9.17, 15) is 19.5 Å². The van der Waals surface area contributed by atoms with Gasteiger partial charge in [-0.25, -0.2) is 4.98 Å². The maximum absolute atomic E-state index is 13.3. The molecule has 8 nitrogen and oxygen atoms in total. The van der Waals surface area contributed by atoms with Crippen molar-refractivity contribution in [3.05, 3.63) is 40.4 Å². The molecule has 2 fully saturated rings. The highest BCUT2D eigenvalue weighted by atomic mass is 35.5. The third-order valence-electron chi connectivity index (χ3n) is 7.07. The number of nitrogens with one attached hydrogen (secondary N) is 2. The Morgan fingerprint density at radius 1 is 1.19 bits per heavy atom. The number of rotatable bonds is 6. The van der Waals surface area contributed by atoms with Gasteiger partial charge in [-0.1, -0.05) is 23.7 Å². The summed E-state index contributed by atoms with van der Waals surface area (Å²) in [5.74, 6) is -1.53. The van der Waals surface area contributed by atoms with Crippen molar-refractivity contribution in [2.75, 3.05) is 6.54 Å². The van der Waals surface area contributed by atoms with E-state index in [1.54, 1.807) is 29.3 Å². The minimum atomic E-state index is -1.07. The van der Waals surface area contributed by atoms with Gasteiger partial charge in [-0.15, -0.1) is 11.3 Å². The van der Waals surface area contributed by atoms with E-state index >= 15 is 0 Å². The number of benzene rings is 1. The second-order valence-electron chi connectivity index (χ2n) is 11.0. The Labute approximate surface area is 220 Å². The summed E-state index contributed by atoms with van der Waals surface area (Å²) >= 11 is 7.29. The third-order valence-corrected chi connectivity index (χ3v) is 8.21. The first-order chi connectivity index (χ1) is 16.9. The van der Waals surface area contributed by atoms with E-state index in [0.717, 1.165) is 12.0 Å². The van der Waals surface area contributed by atoms with E-state index in [1.807, 2.05) is 12.1 Å². The van der Waals surface area contributed by atoms with Crippen LogP contribution in [0.4, 0.5) is 0 Å². The zero-order valence-electron chi connectivity index (χ0n) is 21.0. The molecule has 4 rings (SSSR count). The number of halogens is 1. The van der Waals surface area contributed by atoms with Crippen LogP contribution in [0, 0.1) is 5.41 Å². The van der Waals surface area contributed by atoms with Gasteiger partial charge in [0.25, 0.3) is 5.91 Å². The smallest absolute Gasteiger partial charge is 0.311 e. The SMILES string of the molecule is CC(C)(C)N[C@@H]1CC[C@H](N2CC[C@H](NC(=O)c3csc(-c4ccc(Cl)cc4)n3)C2=O)[C@](C)(C(=O)O)C1. The molecule has 1 aliphatic carbocycles. The standard InChI is InChI=1S/C26H33ClN4O4S/c1-25(2,3)30-17-9-10-20(26(4,13-17)24(34)35)31-12-11-18(23(31)33)28-21(32)19-14-36-22(29-19)15-5-7-16(27)8-6-15/h5-8,14,17-18,20,30H,9-13H2,1-4H3,(H,28,32)(H,34,35)/t17-,18+,20+,26-/m1/s1. The van der Waals surface area contributed by atoms with Crippen molar-refractivity contribution in [2.24, 2.45) is 5.41 Å². The van der Waals surface area contributed by atoms with Crippen molar-refractivity contribution in [3.63, 3.8) is 0 Å². The minimum Gasteiger partial charge on any atom is -0.481 e. The maximum Gasteiger partial charge on any atom is 0.311 e. The van der Waals surface area contributed by atoms with Crippen LogP contribution in [0.3, 0.4) is 0 Å². The van der Waals surface area contributed by atoms with Gasteiger partial charge in [0, 0.05) is 40.1 Å². The largest absolute Gasteiger partial charge is 0.481 e. The van der Waals surface area contributed by atoms with Crippen LogP contribution >= 0.6 is 22.9 Å². The molecule has 3 N–H and O–H groups in total. The Morgan fingerprint density at radius 3 is 2.53 bits per heavy atom. The molecule has 0 unspecified atom stereocenters. The number of aromatic nitrogens is 1. The highest BCUT2D eigenvalue weighted by molar-refractivity contribution is 7.13. The summed E-state index contributed by atoms with van der Waals surface area (Å²) in [6.07, 6.45) is 2.27. The number of hydrogen-bond donors (Lipinski definition) is 3. The molecular weight excluding hydrogens is 500 g/mol. The van der Waals surface area contributed by atoms with Crippen LogP contribution in [-0.4, -0.2) is 63.0 Å². The number of amides is 2. The number of carbonyl (C=O) groups excluding carboxylic acids is 2. The van der Waals surface area contributed by atoms with E-state index in [0.29, 0.717) is 35.8 Å². The van der Waals surface area contributed by atoms with Gasteiger partial charge < -0.3 is 20.6 Å². The summed E-state index contributed by atoms with van der Waals surface area (Å²) in [5.41, 5.74) is -0.0896. The Balaban J connectivity index is 1.42. The first-order valence-electron chi connectivity index (χ1n) is 12.2. The number of hydrogen-bond acceptors (Lipinski definition) is 6. The molecule has 10 heteroatoms. The van der Waals surface area contributed by atoms with Crippen molar-refractivity contribution < 1.29 is 19.5 Å². The molecule has 0 radical (unpaired) electrons. The molecule has 1 aromatic carbocycles. The van der Waals surface area contributed by atoms with E-state index in [4.69, 9.17) is 11.6 Å². The first kappa shape index (κ1) is 26.6. The molecule has 2 heterocycles. The molecule has 36 heavy (non-hydrogen) atoms. The lowest BCUT2D eigenvalue weighted by Crippen LogP contribution is -2.59. The van der Waals surface area contributed by atoms with E-state index in [1.165, 1.54) is 11.3 Å². The van der Waals surface area contributed by atoms with Crippen molar-refractivity contribution in [2.45, 2.75) is 77.0 Å². The molecule has 0 bridgehead atoms. The minimum absolute atomic E-state index is 0.0649. The van der Waals surface area contributed by atoms with Crippen LogP contribution in [-0.2, 0) is 9.59 Å². The van der Waals surface area contributed by atoms with Gasteiger partial charge in [0.2, 0.25) is 5.91 Å². The second kappa shape index (κ2) is 10.1. The molecule has 2 amide bonds. The topological polar surface area (TPSA) is 112 Å². The number of nitrogens with zero attached hydrogens (tertiary/aromatic N) is 2. The van der Waals surface area contributed by atoms with Gasteiger partial charge in [-0.05, 0) is 65.5 Å². The lowest BCUT2D eigenvalue weighted by Gasteiger charge is -2.47. The highest BCUT2D eigenvalue weighted by Crippen LogP contribution is 2.41. The molecule has 1 aliphatic heterocycles. The summed E-state index contributed by atoms with van der Waals surface area (Å²) < 4.78 is 0. The summed E-state index contributed by atoms with van der Waals surface area (Å²) in [4.78, 5) is 44.7. The summed E-state index contributed by atoms with van der Waals surface area (Å²) in [7, 11) is 0. The van der Waals surface area contributed by atoms with Gasteiger partial charge in [-0.3, -0.25) is 14.4 Å². The van der Waals surface area contributed by atoms with Crippen LogP contribution in [0.5, 0.6) is 0 Å². The number of thiazole rings is 1. The molecule has 1 saturated heterocycles. The average molecular weight is 533 g/mol. The Morgan fingerprint density at radius 2 is 1.89 bits per heavy atom. The van der Waals surface area contributed by atoms with Crippen LogP contribution in [0.2, 0.25) is 5.02 Å². The maximum atomic E-state index is 13.3. The van der Waals surface area contributed by atoms with Gasteiger partial charge in [-0.2, -0.15) is 0 Å². The normalized spacial score (nSPS) is 26.8. The van der Waals surface area contributed by atoms with Gasteiger partial charge in [0.1, 0.15) is 16.7 Å². The van der Waals surface area contributed by atoms with Crippen molar-refractivity contribution in [1.82, 2.24) is 20.5 Å². The molecule has 1 saturated carbocycles. The first-order valence-corrected chi connectivity index (χ1v) is 13.5. The summed E-state index contributed by atoms with van der Waals surface area (Å²) in [6.45, 7) is 8.35. The van der Waals surface area contributed by atoms with Gasteiger partial charge in [0.05, 0.1) is 5.41 Å². The fraction of sp³-hybridized carbons (Fsp3) is 0.538. The zero-order valence-corrected chi connectivity index (χ0v) is 22.6. The van der Waals surface area contributed by atoms with E-state index in [-0.39, 0.29) is 23.2 Å². The number of carboxylic acids is 1. The zero-order chi connectivity index (χ0) is 26.3. The van der Waals surface area contributed by atoms with E-state index in [2.05, 4.69) is 36.4 Å². The number of aliphatic carboxylic acids is 1. The number of carboxylic acid groups (broad SMARTS) is 1. The quantitative estimate of drug-likeness (QED) is 0.514. The van der Waals surface area contributed by atoms with Crippen molar-refractivity contribution in [3.8, 4) is 10.6 Å². The van der Waals surface area contributed by atoms with Crippen LogP contribution in [0.25, 0.3) is 10.6 Å². The highest BCUT2D eigenvalue weighted by Gasteiger charge is 2.52. The lowest BCUT2D eigenvalue weighted by molar-refractivity contribution is -0.158. The molecule has 2 aromatic rings. The third kappa shape index (κ3) is 5.58. The molecular formula is C26H33ClN4O4S. The van der Waals surface area contributed by atoms with Crippen LogP contribution < -0.4 is 10.6 Å². The average Bonchev–Trinajstić information content (AvgIpc) is 3.41. The molecule has 2 aliphatic rings. The Hall–Kier alpha value is -2.49. The fourth-order valence-electron chi connectivity index (χ4n) is 5.37. The molecule has 1 aromatic heterocycles. The van der Waals surface area contributed by atoms with Crippen LogP contribution in [0.1, 0.15) is 63.9 Å². The van der Waals surface area contributed by atoms with Gasteiger partial charge in [0.15, 0.2) is 0 Å². The van der Waals surface area contributed by atoms with Crippen molar-refractivity contribution >= 4 is 40.7 Å². The second-order valence-corrected chi connectivity index (χ2v) is 12.3. The number of carbonyl (C=O) groups is 3. The lowest BCUT2D eigenvalue weighted by atomic mass is 9.68. The van der Waals surface area contributed by atoms with Crippen LogP contribution in [0.15, 0.2) is 29.6 Å². The predicted octanol–water partition coefficient (Wildman–Crippen LogP) is 4.19. The molecule has 4 atom stereocenters. The fourth-order valence-corrected chi connectivity index (χ4v) is 6.31. The molecule has 194 valence electrons. The van der Waals surface area contributed by atoms with E-state index < -0.39 is 29.4 Å². The molecule has 0 spiro atoms. The Kier molecular flexibility index (Phi) is 7.46. The summed E-state index contributed by atoms with van der Waals surface area (Å²) in [6, 6.07) is 6.16. The number of likely N-dealkylation sites (tertiary alicyclic amines) is 1. The monoisotopic (exact) mass is 532 g/mol. The Bertz CT molecular complexity index is 1150. The summed E-state index contributed by atoms with van der Waals surface area (Å²) in [5, 5.41) is 19.5. The van der Waals surface area contributed by atoms with Gasteiger partial charge >= 0.3 is 5.97 Å².